The van der Waals surface area contributed by atoms with Gasteiger partial charge in [0.25, 0.3) is 5.69 Å². The van der Waals surface area contributed by atoms with E-state index < -0.39 is 4.92 Å². The van der Waals surface area contributed by atoms with Crippen LogP contribution in [0.3, 0.4) is 0 Å². The van der Waals surface area contributed by atoms with Gasteiger partial charge in [0, 0.05) is 11.6 Å². The van der Waals surface area contributed by atoms with Gasteiger partial charge in [-0.25, -0.2) is 0 Å². The Hall–Kier alpha value is -0.580. The van der Waals surface area contributed by atoms with Gasteiger partial charge in [0.2, 0.25) is 0 Å². The number of phenols is 1. The average molecular weight is 176 g/mol. The molecule has 5 heteroatoms. The van der Waals surface area contributed by atoms with Gasteiger partial charge in [-0.1, -0.05) is 0 Å². The van der Waals surface area contributed by atoms with Gasteiger partial charge in [-0.3, -0.25) is 10.1 Å². The third-order valence-corrected chi connectivity index (χ3v) is 1.38. The number of aryl methyl sites for hydroxylation is 1. The van der Waals surface area contributed by atoms with Gasteiger partial charge in [0.15, 0.2) is 0 Å². The molecule has 0 unspecified atom stereocenters. The maximum Gasteiger partial charge on any atom is 1.00 e. The van der Waals surface area contributed by atoms with E-state index >= 15 is 0 Å². The Bertz CT molecular complexity index is 301. The number of benzene rings is 1. The maximum absolute atomic E-state index is 10.3. The normalized spacial score (nSPS) is 8.75. The van der Waals surface area contributed by atoms with Crippen LogP contribution in [0.5, 0.6) is 5.75 Å². The van der Waals surface area contributed by atoms with Gasteiger partial charge in [-0.05, 0) is 19.1 Å². The smallest absolute Gasteiger partial charge is 0.508 e. The molecular formula is C7H7NNaO3+. The molecule has 1 N–H and O–H groups in total. The van der Waals surface area contributed by atoms with Crippen LogP contribution in [0.2, 0.25) is 0 Å². The first-order valence-electron chi connectivity index (χ1n) is 3.05. The molecule has 0 saturated carbocycles. The molecule has 0 bridgehead atoms. The van der Waals surface area contributed by atoms with E-state index in [1.165, 1.54) is 18.2 Å². The van der Waals surface area contributed by atoms with Crippen molar-refractivity contribution in [2.45, 2.75) is 6.92 Å². The summed E-state index contributed by atoms with van der Waals surface area (Å²) < 4.78 is 0. The fraction of sp³-hybridized carbons (Fsp3) is 0.143. The molecule has 0 aromatic heterocycles. The van der Waals surface area contributed by atoms with Crippen molar-refractivity contribution in [2.24, 2.45) is 0 Å². The molecule has 0 aliphatic heterocycles. The van der Waals surface area contributed by atoms with Gasteiger partial charge >= 0.3 is 29.6 Å². The van der Waals surface area contributed by atoms with Crippen LogP contribution in [0.25, 0.3) is 0 Å². The number of rotatable bonds is 1. The van der Waals surface area contributed by atoms with Crippen LogP contribution in [0.1, 0.15) is 5.56 Å². The Morgan fingerprint density at radius 2 is 2.08 bits per heavy atom. The molecule has 0 heterocycles. The van der Waals surface area contributed by atoms with Crippen LogP contribution in [-0.2, 0) is 0 Å². The van der Waals surface area contributed by atoms with Gasteiger partial charge in [0.1, 0.15) is 5.75 Å². The number of hydrogen-bond donors (Lipinski definition) is 1. The Labute approximate surface area is 91.7 Å². The molecule has 12 heavy (non-hydrogen) atoms. The van der Waals surface area contributed by atoms with Crippen LogP contribution >= 0.6 is 0 Å². The number of phenolic OH excluding ortho intramolecular Hbond substituents is 1. The van der Waals surface area contributed by atoms with Crippen molar-refractivity contribution in [2.75, 3.05) is 0 Å². The average Bonchev–Trinajstić information content (AvgIpc) is 1.85. The second-order valence-electron chi connectivity index (χ2n) is 2.23. The molecule has 0 atom stereocenters. The van der Waals surface area contributed by atoms with E-state index in [-0.39, 0.29) is 41.0 Å². The minimum Gasteiger partial charge on any atom is -0.508 e. The summed E-state index contributed by atoms with van der Waals surface area (Å²) in [5.74, 6) is 0.0492. The quantitative estimate of drug-likeness (QED) is 0.325. The third-order valence-electron chi connectivity index (χ3n) is 1.38. The molecule has 0 saturated heterocycles. The first kappa shape index (κ1) is 11.4. The summed E-state index contributed by atoms with van der Waals surface area (Å²) in [4.78, 5) is 9.78. The van der Waals surface area contributed by atoms with Gasteiger partial charge < -0.3 is 5.11 Å². The second-order valence-corrected chi connectivity index (χ2v) is 2.23. The van der Waals surface area contributed by atoms with Crippen molar-refractivity contribution in [3.8, 4) is 5.75 Å². The molecule has 1 rings (SSSR count). The topological polar surface area (TPSA) is 63.4 Å². The third kappa shape index (κ3) is 2.48. The molecule has 1 aromatic carbocycles. The molecule has 0 aliphatic rings. The minimum absolute atomic E-state index is 0. The summed E-state index contributed by atoms with van der Waals surface area (Å²) >= 11 is 0. The van der Waals surface area contributed by atoms with Gasteiger partial charge in [-0.15, -0.1) is 0 Å². The molecule has 1 aromatic rings. The van der Waals surface area contributed by atoms with Gasteiger partial charge in [0.05, 0.1) is 4.92 Å². The fourth-order valence-electron chi connectivity index (χ4n) is 0.844. The minimum atomic E-state index is -0.477. The molecule has 0 fully saturated rings. The van der Waals surface area contributed by atoms with Crippen LogP contribution in [0.15, 0.2) is 18.2 Å². The van der Waals surface area contributed by atoms with Crippen LogP contribution in [0.4, 0.5) is 5.69 Å². The number of nitrogens with zero attached hydrogens (tertiary/aromatic N) is 1. The Kier molecular flexibility index (Phi) is 4.23. The maximum atomic E-state index is 10.3. The second kappa shape index (κ2) is 4.45. The Morgan fingerprint density at radius 1 is 1.50 bits per heavy atom. The first-order chi connectivity index (χ1) is 5.11. The summed E-state index contributed by atoms with van der Waals surface area (Å²) in [6.45, 7) is 1.58. The van der Waals surface area contributed by atoms with E-state index in [1.54, 1.807) is 6.92 Å². The zero-order chi connectivity index (χ0) is 8.43. The standard InChI is InChI=1S/C7H7NO3.Na/c1-5-4-6(9)2-3-7(5)8(10)11;/h2-4,9H,1H3;/q;+1. The van der Waals surface area contributed by atoms with Crippen molar-refractivity contribution in [3.63, 3.8) is 0 Å². The number of nitro benzene ring substituents is 1. The summed E-state index contributed by atoms with van der Waals surface area (Å²) in [5, 5.41) is 19.2. The van der Waals surface area contributed by atoms with Crippen molar-refractivity contribution in [1.82, 2.24) is 0 Å². The van der Waals surface area contributed by atoms with Crippen LogP contribution in [-0.4, -0.2) is 10.0 Å². The molecule has 58 valence electrons. The van der Waals surface area contributed by atoms with E-state index in [0.717, 1.165) is 0 Å². The largest absolute Gasteiger partial charge is 1.00 e. The van der Waals surface area contributed by atoms with E-state index in [2.05, 4.69) is 0 Å². The summed E-state index contributed by atoms with van der Waals surface area (Å²) in [6, 6.07) is 3.94. The van der Waals surface area contributed by atoms with Crippen molar-refractivity contribution in [1.29, 1.82) is 0 Å². The Morgan fingerprint density at radius 3 is 2.50 bits per heavy atom. The van der Waals surface area contributed by atoms with Crippen LogP contribution in [0, 0.1) is 17.0 Å². The zero-order valence-corrected chi connectivity index (χ0v) is 8.94. The summed E-state index contributed by atoms with van der Waals surface area (Å²) in [5.41, 5.74) is 0.498. The van der Waals surface area contributed by atoms with E-state index in [9.17, 15) is 10.1 Å². The number of nitro groups is 1. The van der Waals surface area contributed by atoms with Crippen molar-refractivity contribution < 1.29 is 39.6 Å². The van der Waals surface area contributed by atoms with Crippen molar-refractivity contribution >= 4 is 5.69 Å². The first-order valence-corrected chi connectivity index (χ1v) is 3.05. The predicted molar refractivity (Wildman–Crippen MR) is 39.5 cm³/mol. The molecule has 0 amide bonds. The molecule has 4 nitrogen and oxygen atoms in total. The number of hydrogen-bond acceptors (Lipinski definition) is 3. The van der Waals surface area contributed by atoms with Gasteiger partial charge in [-0.2, -0.15) is 0 Å². The monoisotopic (exact) mass is 176 g/mol. The number of aromatic hydroxyl groups is 1. The molecular weight excluding hydrogens is 169 g/mol. The molecule has 0 radical (unpaired) electrons. The molecule has 0 spiro atoms. The fourth-order valence-corrected chi connectivity index (χ4v) is 0.844. The Balaban J connectivity index is 0.00000121. The van der Waals surface area contributed by atoms with E-state index in [0.29, 0.717) is 5.56 Å². The zero-order valence-electron chi connectivity index (χ0n) is 6.94. The molecule has 0 aliphatic carbocycles. The van der Waals surface area contributed by atoms with E-state index in [4.69, 9.17) is 5.11 Å². The predicted octanol–water partition coefficient (Wildman–Crippen LogP) is -1.39. The summed E-state index contributed by atoms with van der Waals surface area (Å²) in [6.07, 6.45) is 0. The van der Waals surface area contributed by atoms with Crippen molar-refractivity contribution in [3.05, 3.63) is 33.9 Å². The van der Waals surface area contributed by atoms with Crippen LogP contribution < -0.4 is 29.6 Å². The SMILES string of the molecule is Cc1cc(O)ccc1[N+](=O)[O-].[Na+]. The summed E-state index contributed by atoms with van der Waals surface area (Å²) in [7, 11) is 0. The van der Waals surface area contributed by atoms with E-state index in [1.807, 2.05) is 0 Å².